The van der Waals surface area contributed by atoms with Crippen LogP contribution >= 0.6 is 0 Å². The standard InChI is InChI=1S/C32H34FN5O8S/c1-21-29(32(40)41)36-38(25-6-3-5-23(33)19-25)31(21)46-27-12-9-24(35-30(39)22-7-10-26(44-2)11-8-22)20-28(27)47(42,43)34-13-4-14-37-15-17-45-18-16-37/h3,5-12,19-20,34H,4,13-18H2,1-2H3,(H,35,39)(H,40,41). The van der Waals surface area contributed by atoms with Crippen LogP contribution in [0.15, 0.2) is 71.6 Å². The number of amides is 1. The van der Waals surface area contributed by atoms with Crippen molar-refractivity contribution in [3.63, 3.8) is 0 Å². The third-order valence-corrected chi connectivity index (χ3v) is 8.90. The Morgan fingerprint density at radius 1 is 1.06 bits per heavy atom. The zero-order chi connectivity index (χ0) is 33.6. The Morgan fingerprint density at radius 2 is 1.81 bits per heavy atom. The normalized spacial score (nSPS) is 13.7. The van der Waals surface area contributed by atoms with E-state index in [1.165, 1.54) is 50.4 Å². The lowest BCUT2D eigenvalue weighted by Gasteiger charge is -2.26. The first-order valence-electron chi connectivity index (χ1n) is 14.7. The van der Waals surface area contributed by atoms with E-state index in [1.807, 2.05) is 0 Å². The summed E-state index contributed by atoms with van der Waals surface area (Å²) >= 11 is 0. The van der Waals surface area contributed by atoms with Crippen LogP contribution in [0.5, 0.6) is 17.4 Å². The molecule has 15 heteroatoms. The molecular weight excluding hydrogens is 633 g/mol. The van der Waals surface area contributed by atoms with Crippen LogP contribution in [-0.4, -0.2) is 86.6 Å². The van der Waals surface area contributed by atoms with E-state index in [-0.39, 0.29) is 45.7 Å². The van der Waals surface area contributed by atoms with Gasteiger partial charge in [0.1, 0.15) is 22.2 Å². The monoisotopic (exact) mass is 667 g/mol. The molecule has 0 radical (unpaired) electrons. The van der Waals surface area contributed by atoms with Crippen molar-refractivity contribution in [2.24, 2.45) is 0 Å². The number of morpholine rings is 1. The van der Waals surface area contributed by atoms with Gasteiger partial charge in [-0.15, -0.1) is 0 Å². The van der Waals surface area contributed by atoms with Crippen LogP contribution in [0.2, 0.25) is 0 Å². The first-order chi connectivity index (χ1) is 22.6. The molecule has 47 heavy (non-hydrogen) atoms. The Balaban J connectivity index is 1.48. The molecule has 5 rings (SSSR count). The molecule has 1 saturated heterocycles. The molecule has 0 atom stereocenters. The van der Waals surface area contributed by atoms with Crippen LogP contribution in [0.3, 0.4) is 0 Å². The topological polar surface area (TPSA) is 161 Å². The van der Waals surface area contributed by atoms with Gasteiger partial charge in [0.25, 0.3) is 5.91 Å². The number of rotatable bonds is 13. The number of carboxylic acid groups (broad SMARTS) is 1. The maximum Gasteiger partial charge on any atom is 0.356 e. The number of nitrogens with zero attached hydrogens (tertiary/aromatic N) is 3. The highest BCUT2D eigenvalue weighted by Crippen LogP contribution is 2.35. The summed E-state index contributed by atoms with van der Waals surface area (Å²) in [6.07, 6.45) is 0.525. The Labute approximate surface area is 270 Å². The zero-order valence-electron chi connectivity index (χ0n) is 25.7. The van der Waals surface area contributed by atoms with Gasteiger partial charge in [0.2, 0.25) is 15.9 Å². The van der Waals surface area contributed by atoms with Gasteiger partial charge < -0.3 is 24.6 Å². The number of halogens is 1. The van der Waals surface area contributed by atoms with Crippen molar-refractivity contribution in [2.75, 3.05) is 51.8 Å². The summed E-state index contributed by atoms with van der Waals surface area (Å²) in [5.41, 5.74) is 0.351. The Kier molecular flexibility index (Phi) is 10.5. The fourth-order valence-electron chi connectivity index (χ4n) is 4.93. The van der Waals surface area contributed by atoms with Crippen molar-refractivity contribution in [2.45, 2.75) is 18.2 Å². The third-order valence-electron chi connectivity index (χ3n) is 7.42. The van der Waals surface area contributed by atoms with E-state index >= 15 is 0 Å². The van der Waals surface area contributed by atoms with Crippen LogP contribution in [0.25, 0.3) is 5.69 Å². The molecule has 1 aliphatic rings. The lowest BCUT2D eigenvalue weighted by atomic mass is 10.2. The van der Waals surface area contributed by atoms with Gasteiger partial charge >= 0.3 is 5.97 Å². The molecule has 1 fully saturated rings. The molecule has 13 nitrogen and oxygen atoms in total. The number of benzene rings is 3. The minimum atomic E-state index is -4.24. The molecule has 3 aromatic carbocycles. The zero-order valence-corrected chi connectivity index (χ0v) is 26.5. The average molecular weight is 668 g/mol. The quantitative estimate of drug-likeness (QED) is 0.177. The van der Waals surface area contributed by atoms with Crippen molar-refractivity contribution in [1.82, 2.24) is 19.4 Å². The molecule has 3 N–H and O–H groups in total. The number of aromatic nitrogens is 2. The Bertz CT molecular complexity index is 1860. The minimum absolute atomic E-state index is 0.0838. The van der Waals surface area contributed by atoms with Gasteiger partial charge in [-0.1, -0.05) is 6.07 Å². The molecule has 1 aromatic heterocycles. The summed E-state index contributed by atoms with van der Waals surface area (Å²) in [7, 11) is -2.74. The van der Waals surface area contributed by atoms with Crippen molar-refractivity contribution >= 4 is 27.6 Å². The lowest BCUT2D eigenvalue weighted by Crippen LogP contribution is -2.38. The largest absolute Gasteiger partial charge is 0.497 e. The van der Waals surface area contributed by atoms with Crippen LogP contribution < -0.4 is 19.5 Å². The second kappa shape index (κ2) is 14.7. The molecule has 248 valence electrons. The molecule has 2 heterocycles. The molecule has 0 saturated carbocycles. The number of hydrogen-bond donors (Lipinski definition) is 3. The maximum atomic E-state index is 14.1. The molecule has 0 spiro atoms. The van der Waals surface area contributed by atoms with Crippen molar-refractivity contribution < 1.29 is 41.7 Å². The molecular formula is C32H34FN5O8S. The lowest BCUT2D eigenvalue weighted by molar-refractivity contribution is 0.0376. The van der Waals surface area contributed by atoms with E-state index in [0.29, 0.717) is 37.5 Å². The number of anilines is 1. The predicted molar refractivity (Wildman–Crippen MR) is 170 cm³/mol. The summed E-state index contributed by atoms with van der Waals surface area (Å²) in [6, 6.07) is 15.7. The van der Waals surface area contributed by atoms with Gasteiger partial charge in [-0.25, -0.2) is 22.3 Å². The summed E-state index contributed by atoms with van der Waals surface area (Å²) < 4.78 is 61.9. The van der Waals surface area contributed by atoms with E-state index in [0.717, 1.165) is 23.8 Å². The number of carbonyl (C=O) groups is 2. The fourth-order valence-corrected chi connectivity index (χ4v) is 6.15. The smallest absolute Gasteiger partial charge is 0.356 e. The van der Waals surface area contributed by atoms with Crippen LogP contribution in [0, 0.1) is 12.7 Å². The number of hydrogen-bond acceptors (Lipinski definition) is 9. The summed E-state index contributed by atoms with van der Waals surface area (Å²) in [4.78, 5) is 26.8. The maximum absolute atomic E-state index is 14.1. The van der Waals surface area contributed by atoms with Crippen LogP contribution in [0.4, 0.5) is 10.1 Å². The van der Waals surface area contributed by atoms with Gasteiger partial charge in [-0.3, -0.25) is 9.69 Å². The summed E-state index contributed by atoms with van der Waals surface area (Å²) in [5, 5.41) is 16.5. The van der Waals surface area contributed by atoms with Crippen molar-refractivity contribution in [3.8, 4) is 23.1 Å². The van der Waals surface area contributed by atoms with Crippen molar-refractivity contribution in [3.05, 3.63) is 89.4 Å². The summed E-state index contributed by atoms with van der Waals surface area (Å²) in [5.74, 6) is -2.18. The van der Waals surface area contributed by atoms with E-state index in [1.54, 1.807) is 24.3 Å². The van der Waals surface area contributed by atoms with Gasteiger partial charge in [0.15, 0.2) is 5.69 Å². The number of carbonyl (C=O) groups excluding carboxylic acids is 1. The molecule has 1 amide bonds. The first kappa shape index (κ1) is 33.5. The van der Waals surface area contributed by atoms with Crippen LogP contribution in [-0.2, 0) is 14.8 Å². The van der Waals surface area contributed by atoms with E-state index in [2.05, 4.69) is 20.0 Å². The number of ether oxygens (including phenoxy) is 3. The number of aromatic carboxylic acids is 1. The first-order valence-corrected chi connectivity index (χ1v) is 16.2. The second-order valence-corrected chi connectivity index (χ2v) is 12.4. The van der Waals surface area contributed by atoms with Crippen LogP contribution in [0.1, 0.15) is 32.8 Å². The fraction of sp³-hybridized carbons (Fsp3) is 0.281. The molecule has 0 bridgehead atoms. The number of nitrogens with one attached hydrogen (secondary N) is 2. The third kappa shape index (κ3) is 8.13. The molecule has 1 aliphatic heterocycles. The highest BCUT2D eigenvalue weighted by atomic mass is 32.2. The van der Waals surface area contributed by atoms with E-state index in [9.17, 15) is 27.5 Å². The highest BCUT2D eigenvalue weighted by Gasteiger charge is 2.27. The van der Waals surface area contributed by atoms with Gasteiger partial charge in [-0.05, 0) is 80.6 Å². The number of carboxylic acids is 1. The van der Waals surface area contributed by atoms with Gasteiger partial charge in [-0.2, -0.15) is 9.78 Å². The molecule has 4 aromatic rings. The molecule has 0 unspecified atom stereocenters. The SMILES string of the molecule is COc1ccc(C(=O)Nc2ccc(Oc3c(C)c(C(=O)O)nn3-c3cccc(F)c3)c(S(=O)(=O)NCCCN3CCOCC3)c2)cc1. The van der Waals surface area contributed by atoms with Gasteiger partial charge in [0, 0.05) is 36.4 Å². The van der Waals surface area contributed by atoms with Crippen molar-refractivity contribution in [1.29, 1.82) is 0 Å². The Morgan fingerprint density at radius 3 is 2.49 bits per heavy atom. The van der Waals surface area contributed by atoms with E-state index in [4.69, 9.17) is 14.2 Å². The summed E-state index contributed by atoms with van der Waals surface area (Å²) in [6.45, 7) is 4.99. The van der Waals surface area contributed by atoms with E-state index < -0.39 is 27.7 Å². The Hall–Kier alpha value is -4.83. The highest BCUT2D eigenvalue weighted by molar-refractivity contribution is 7.89. The molecule has 0 aliphatic carbocycles. The predicted octanol–water partition coefficient (Wildman–Crippen LogP) is 4.07. The number of sulfonamides is 1. The average Bonchev–Trinajstić information content (AvgIpc) is 3.40. The number of methoxy groups -OCH3 is 1. The minimum Gasteiger partial charge on any atom is -0.497 e. The van der Waals surface area contributed by atoms with Gasteiger partial charge in [0.05, 0.1) is 26.0 Å². The second-order valence-electron chi connectivity index (χ2n) is 10.6.